The summed E-state index contributed by atoms with van der Waals surface area (Å²) in [6.07, 6.45) is 3.46. The van der Waals surface area contributed by atoms with E-state index in [1.807, 2.05) is 23.9 Å². The molecule has 1 saturated carbocycles. The highest BCUT2D eigenvalue weighted by Crippen LogP contribution is 2.48. The van der Waals surface area contributed by atoms with Gasteiger partial charge in [0, 0.05) is 22.1 Å². The second kappa shape index (κ2) is 9.58. The number of carbonyl (C=O) groups excluding carboxylic acids is 1. The number of ketones is 1. The van der Waals surface area contributed by atoms with Crippen molar-refractivity contribution in [1.82, 2.24) is 0 Å². The molecule has 1 unspecified atom stereocenters. The molecule has 176 valence electrons. The van der Waals surface area contributed by atoms with Crippen LogP contribution >= 0.6 is 11.8 Å². The fraction of sp³-hybridized carbons (Fsp3) is 0.367. The molecule has 2 nitrogen and oxygen atoms in total. The fourth-order valence-corrected chi connectivity index (χ4v) is 6.48. The maximum Gasteiger partial charge on any atom is 0.133 e. The van der Waals surface area contributed by atoms with Gasteiger partial charge in [-0.2, -0.15) is 0 Å². The van der Waals surface area contributed by atoms with Crippen molar-refractivity contribution >= 4 is 17.5 Å². The molecule has 0 N–H and O–H groups in total. The van der Waals surface area contributed by atoms with Crippen molar-refractivity contribution in [1.29, 1.82) is 0 Å². The quantitative estimate of drug-likeness (QED) is 0.352. The van der Waals surface area contributed by atoms with E-state index in [9.17, 15) is 9.18 Å². The Kier molecular flexibility index (Phi) is 6.52. The molecule has 1 heterocycles. The first kappa shape index (κ1) is 23.2. The summed E-state index contributed by atoms with van der Waals surface area (Å²) < 4.78 is 19.7. The van der Waals surface area contributed by atoms with Crippen LogP contribution in [0.3, 0.4) is 0 Å². The summed E-state index contributed by atoms with van der Waals surface area (Å²) >= 11 is 1.92. The number of carbonyl (C=O) groups is 1. The zero-order valence-corrected chi connectivity index (χ0v) is 20.8. The molecule has 0 bridgehead atoms. The SMILES string of the molecule is COc1ccc(F)c(-c2ccc(C3CSc4ccc([C@H](C5CC5)[C@H](C)C(C)=O)cc4C3)cc2)c1. The molecule has 2 aliphatic rings. The molecule has 3 atom stereocenters. The number of methoxy groups -OCH3 is 1. The van der Waals surface area contributed by atoms with Crippen LogP contribution in [0.4, 0.5) is 4.39 Å². The third-order valence-electron chi connectivity index (χ3n) is 7.55. The van der Waals surface area contributed by atoms with Crippen LogP contribution in [0.5, 0.6) is 5.75 Å². The molecule has 34 heavy (non-hydrogen) atoms. The fourth-order valence-electron chi connectivity index (χ4n) is 5.30. The third kappa shape index (κ3) is 4.65. The molecule has 1 fully saturated rings. The van der Waals surface area contributed by atoms with Crippen LogP contribution < -0.4 is 4.74 Å². The zero-order chi connectivity index (χ0) is 23.8. The minimum atomic E-state index is -0.242. The average Bonchev–Trinajstić information content (AvgIpc) is 3.69. The molecule has 4 heteroatoms. The Bertz CT molecular complexity index is 1200. The van der Waals surface area contributed by atoms with Crippen LogP contribution in [0.1, 0.15) is 55.2 Å². The lowest BCUT2D eigenvalue weighted by atomic mass is 9.80. The van der Waals surface area contributed by atoms with Crippen LogP contribution in [0.2, 0.25) is 0 Å². The number of rotatable bonds is 7. The lowest BCUT2D eigenvalue weighted by molar-refractivity contribution is -0.121. The molecule has 5 rings (SSSR count). The molecule has 1 aliphatic heterocycles. The van der Waals surface area contributed by atoms with Crippen LogP contribution in [-0.2, 0) is 11.2 Å². The molecule has 0 amide bonds. The van der Waals surface area contributed by atoms with Gasteiger partial charge in [0.25, 0.3) is 0 Å². The van der Waals surface area contributed by atoms with E-state index in [-0.39, 0.29) is 17.5 Å². The summed E-state index contributed by atoms with van der Waals surface area (Å²) in [7, 11) is 1.59. The van der Waals surface area contributed by atoms with E-state index in [4.69, 9.17) is 4.74 Å². The van der Waals surface area contributed by atoms with Gasteiger partial charge in [0.15, 0.2) is 0 Å². The largest absolute Gasteiger partial charge is 0.497 e. The van der Waals surface area contributed by atoms with Gasteiger partial charge >= 0.3 is 0 Å². The second-order valence-corrected chi connectivity index (χ2v) is 10.9. The van der Waals surface area contributed by atoms with E-state index >= 15 is 0 Å². The summed E-state index contributed by atoms with van der Waals surface area (Å²) in [4.78, 5) is 13.5. The summed E-state index contributed by atoms with van der Waals surface area (Å²) in [5, 5.41) is 0. The lowest BCUT2D eigenvalue weighted by Crippen LogP contribution is -2.20. The van der Waals surface area contributed by atoms with Crippen LogP contribution in [-0.4, -0.2) is 18.6 Å². The van der Waals surface area contributed by atoms with E-state index in [0.29, 0.717) is 29.1 Å². The highest BCUT2D eigenvalue weighted by atomic mass is 32.2. The number of fused-ring (bicyclic) bond motifs is 1. The summed E-state index contributed by atoms with van der Waals surface area (Å²) in [6.45, 7) is 3.82. The third-order valence-corrected chi connectivity index (χ3v) is 8.83. The van der Waals surface area contributed by atoms with Gasteiger partial charge in [0.05, 0.1) is 7.11 Å². The molecule has 0 saturated heterocycles. The van der Waals surface area contributed by atoms with Gasteiger partial charge in [-0.15, -0.1) is 11.8 Å². The van der Waals surface area contributed by atoms with Gasteiger partial charge in [0.2, 0.25) is 0 Å². The number of hydrogen-bond acceptors (Lipinski definition) is 3. The first-order valence-electron chi connectivity index (χ1n) is 12.1. The van der Waals surface area contributed by atoms with E-state index in [1.54, 1.807) is 26.2 Å². The Balaban J connectivity index is 1.37. The second-order valence-electron chi connectivity index (χ2n) is 9.81. The van der Waals surface area contributed by atoms with E-state index in [1.165, 1.54) is 40.5 Å². The number of benzene rings is 3. The molecular formula is C30H31FO2S. The topological polar surface area (TPSA) is 26.3 Å². The predicted molar refractivity (Wildman–Crippen MR) is 137 cm³/mol. The van der Waals surface area contributed by atoms with E-state index in [0.717, 1.165) is 17.7 Å². The standard InChI is InChI=1S/C30H31FO2S/c1-18(19(2)32)30(22-8-9-22)23-10-13-29-24(14-23)15-25(17-34-29)20-4-6-21(7-5-20)27-16-26(33-3)11-12-28(27)31/h4-7,10-14,16,18,22,25,30H,8-9,15,17H2,1-3H3/t18-,25?,30+/m1/s1. The summed E-state index contributed by atoms with van der Waals surface area (Å²) in [6, 6.07) is 20.0. The highest BCUT2D eigenvalue weighted by molar-refractivity contribution is 7.99. The van der Waals surface area contributed by atoms with E-state index < -0.39 is 0 Å². The highest BCUT2D eigenvalue weighted by Gasteiger charge is 2.37. The van der Waals surface area contributed by atoms with Crippen molar-refractivity contribution in [2.45, 2.75) is 49.8 Å². The first-order chi connectivity index (χ1) is 16.4. The van der Waals surface area contributed by atoms with Crippen molar-refractivity contribution in [3.63, 3.8) is 0 Å². The predicted octanol–water partition coefficient (Wildman–Crippen LogP) is 7.65. The molecular weight excluding hydrogens is 443 g/mol. The van der Waals surface area contributed by atoms with Gasteiger partial charge in [0.1, 0.15) is 17.3 Å². The number of hydrogen-bond donors (Lipinski definition) is 0. The Hall–Kier alpha value is -2.59. The van der Waals surface area contributed by atoms with Crippen LogP contribution in [0, 0.1) is 17.7 Å². The Morgan fingerprint density at radius 2 is 1.82 bits per heavy atom. The number of halogens is 1. The normalized spacial score (nSPS) is 19.2. The maximum absolute atomic E-state index is 14.4. The Labute approximate surface area is 205 Å². The molecule has 0 spiro atoms. The maximum atomic E-state index is 14.4. The van der Waals surface area contributed by atoms with E-state index in [2.05, 4.69) is 37.3 Å². The molecule has 0 aromatic heterocycles. The van der Waals surface area contributed by atoms with Gasteiger partial charge in [-0.1, -0.05) is 43.3 Å². The summed E-state index contributed by atoms with van der Waals surface area (Å²) in [5.41, 5.74) is 5.42. The first-order valence-corrected chi connectivity index (χ1v) is 13.1. The lowest BCUT2D eigenvalue weighted by Gasteiger charge is -2.28. The van der Waals surface area contributed by atoms with Crippen LogP contribution in [0.15, 0.2) is 65.6 Å². The summed E-state index contributed by atoms with van der Waals surface area (Å²) in [5.74, 6) is 3.21. The molecule has 3 aromatic carbocycles. The Morgan fingerprint density at radius 3 is 2.50 bits per heavy atom. The van der Waals surface area contributed by atoms with Crippen molar-refractivity contribution < 1.29 is 13.9 Å². The molecule has 3 aromatic rings. The average molecular weight is 475 g/mol. The smallest absolute Gasteiger partial charge is 0.133 e. The van der Waals surface area contributed by atoms with Crippen molar-refractivity contribution in [2.75, 3.05) is 12.9 Å². The van der Waals surface area contributed by atoms with Gasteiger partial charge in [-0.25, -0.2) is 4.39 Å². The van der Waals surface area contributed by atoms with Gasteiger partial charge in [-0.3, -0.25) is 4.79 Å². The van der Waals surface area contributed by atoms with Crippen molar-refractivity contribution in [3.05, 3.63) is 83.2 Å². The molecule has 0 radical (unpaired) electrons. The minimum absolute atomic E-state index is 0.0714. The zero-order valence-electron chi connectivity index (χ0n) is 20.0. The molecule has 1 aliphatic carbocycles. The Morgan fingerprint density at radius 1 is 1.06 bits per heavy atom. The monoisotopic (exact) mass is 474 g/mol. The van der Waals surface area contributed by atoms with Crippen molar-refractivity contribution in [3.8, 4) is 16.9 Å². The minimum Gasteiger partial charge on any atom is -0.497 e. The number of thioether (sulfide) groups is 1. The number of Topliss-reactive ketones (excluding diaryl/α,β-unsaturated/α-hetero) is 1. The van der Waals surface area contributed by atoms with Gasteiger partial charge in [-0.05, 0) is 90.5 Å². The van der Waals surface area contributed by atoms with Gasteiger partial charge < -0.3 is 4.74 Å². The van der Waals surface area contributed by atoms with Crippen LogP contribution in [0.25, 0.3) is 11.1 Å². The number of ether oxygens (including phenoxy) is 1. The van der Waals surface area contributed by atoms with Crippen molar-refractivity contribution in [2.24, 2.45) is 11.8 Å².